The van der Waals surface area contributed by atoms with E-state index in [0.29, 0.717) is 29.5 Å². The molecular formula is C26H23FN4O2. The number of carbonyl (C=O) groups excluding carboxylic acids is 1. The van der Waals surface area contributed by atoms with Crippen LogP contribution in [-0.2, 0) is 4.79 Å². The number of hydrogen-bond donors (Lipinski definition) is 2. The number of benzene rings is 3. The van der Waals surface area contributed by atoms with Crippen LogP contribution in [-0.4, -0.2) is 22.1 Å². The van der Waals surface area contributed by atoms with Crippen molar-refractivity contribution in [2.75, 3.05) is 17.2 Å². The van der Waals surface area contributed by atoms with Crippen LogP contribution in [0.5, 0.6) is 5.75 Å². The molecule has 0 saturated heterocycles. The van der Waals surface area contributed by atoms with Crippen molar-refractivity contribution in [1.29, 1.82) is 0 Å². The zero-order valence-electron chi connectivity index (χ0n) is 18.3. The largest absolute Gasteiger partial charge is 0.494 e. The molecule has 0 spiro atoms. The third-order valence-electron chi connectivity index (χ3n) is 5.68. The Balaban J connectivity index is 1.58. The molecule has 0 saturated carbocycles. The van der Waals surface area contributed by atoms with Gasteiger partial charge in [-0.05, 0) is 67.9 Å². The average Bonchev–Trinajstić information content (AvgIpc) is 3.18. The van der Waals surface area contributed by atoms with Crippen LogP contribution in [0, 0.1) is 5.82 Å². The Hall–Kier alpha value is -4.13. The van der Waals surface area contributed by atoms with E-state index in [1.165, 1.54) is 12.1 Å². The number of imidazole rings is 1. The summed E-state index contributed by atoms with van der Waals surface area (Å²) in [7, 11) is 0. The molecule has 0 radical (unpaired) electrons. The van der Waals surface area contributed by atoms with Crippen LogP contribution in [0.25, 0.3) is 11.0 Å². The van der Waals surface area contributed by atoms with Gasteiger partial charge in [-0.15, -0.1) is 0 Å². The number of halogens is 1. The molecule has 1 aliphatic heterocycles. The molecule has 0 bridgehead atoms. The highest BCUT2D eigenvalue weighted by molar-refractivity contribution is 6.06. The van der Waals surface area contributed by atoms with Gasteiger partial charge in [0.25, 0.3) is 5.91 Å². The predicted octanol–water partition coefficient (Wildman–Crippen LogP) is 5.50. The third-order valence-corrected chi connectivity index (χ3v) is 5.68. The van der Waals surface area contributed by atoms with E-state index < -0.39 is 6.04 Å². The summed E-state index contributed by atoms with van der Waals surface area (Å²) in [4.78, 5) is 18.3. The zero-order chi connectivity index (χ0) is 22.9. The molecule has 5 rings (SSSR count). The van der Waals surface area contributed by atoms with Crippen molar-refractivity contribution in [3.8, 4) is 5.75 Å². The molecule has 2 N–H and O–H groups in total. The molecule has 1 amide bonds. The fourth-order valence-electron chi connectivity index (χ4n) is 4.22. The number of hydrogen-bond acceptors (Lipinski definition) is 4. The van der Waals surface area contributed by atoms with Gasteiger partial charge >= 0.3 is 0 Å². The topological polar surface area (TPSA) is 68.2 Å². The van der Waals surface area contributed by atoms with Crippen molar-refractivity contribution in [3.63, 3.8) is 0 Å². The standard InChI is InChI=1S/C26H23FN4O2/c1-3-33-20-14-12-19(13-15-20)29-25(32)23-16(2)28-26-30-21-6-4-5-7-22(21)31(26)24(23)17-8-10-18(27)11-9-17/h4-15,24H,3H2,1-2H3,(H,28,30)(H,29,32)/t24-/m0/s1. The number of para-hydroxylation sites is 2. The van der Waals surface area contributed by atoms with Crippen LogP contribution in [0.4, 0.5) is 16.0 Å². The van der Waals surface area contributed by atoms with Crippen molar-refractivity contribution in [1.82, 2.24) is 9.55 Å². The van der Waals surface area contributed by atoms with Gasteiger partial charge in [-0.25, -0.2) is 9.37 Å². The molecule has 3 aromatic carbocycles. The molecule has 0 unspecified atom stereocenters. The number of rotatable bonds is 5. The summed E-state index contributed by atoms with van der Waals surface area (Å²) >= 11 is 0. The molecule has 33 heavy (non-hydrogen) atoms. The first kappa shape index (κ1) is 20.8. The Morgan fingerprint density at radius 2 is 1.82 bits per heavy atom. The first-order chi connectivity index (χ1) is 16.0. The highest BCUT2D eigenvalue weighted by Crippen LogP contribution is 2.39. The Morgan fingerprint density at radius 1 is 1.09 bits per heavy atom. The van der Waals surface area contributed by atoms with Crippen LogP contribution in [0.1, 0.15) is 25.5 Å². The van der Waals surface area contributed by atoms with Gasteiger partial charge in [-0.2, -0.15) is 0 Å². The summed E-state index contributed by atoms with van der Waals surface area (Å²) in [6.07, 6.45) is 0. The second-order valence-corrected chi connectivity index (χ2v) is 7.82. The van der Waals surface area contributed by atoms with Crippen molar-refractivity contribution < 1.29 is 13.9 Å². The molecule has 1 aliphatic rings. The summed E-state index contributed by atoms with van der Waals surface area (Å²) in [5, 5.41) is 6.27. The summed E-state index contributed by atoms with van der Waals surface area (Å²) in [5.41, 5.74) is 4.37. The molecule has 0 fully saturated rings. The summed E-state index contributed by atoms with van der Waals surface area (Å²) in [5.74, 6) is 0.802. The van der Waals surface area contributed by atoms with Crippen LogP contribution in [0.3, 0.4) is 0 Å². The second-order valence-electron chi connectivity index (χ2n) is 7.82. The first-order valence-corrected chi connectivity index (χ1v) is 10.8. The SMILES string of the molecule is CCOc1ccc(NC(=O)C2=C(C)Nc3nc4ccccc4n3[C@H]2c2ccc(F)cc2)cc1. The number of carbonyl (C=O) groups is 1. The van der Waals surface area contributed by atoms with Crippen molar-refractivity contribution in [3.05, 3.63) is 95.4 Å². The summed E-state index contributed by atoms with van der Waals surface area (Å²) < 4.78 is 21.2. The Kier molecular flexibility index (Phi) is 5.30. The lowest BCUT2D eigenvalue weighted by atomic mass is 9.94. The smallest absolute Gasteiger partial charge is 0.255 e. The molecule has 1 aromatic heterocycles. The van der Waals surface area contributed by atoms with Gasteiger partial charge in [0.05, 0.1) is 29.3 Å². The molecule has 2 heterocycles. The predicted molar refractivity (Wildman–Crippen MR) is 127 cm³/mol. The Morgan fingerprint density at radius 3 is 2.55 bits per heavy atom. The number of nitrogens with zero attached hydrogens (tertiary/aromatic N) is 2. The minimum absolute atomic E-state index is 0.248. The van der Waals surface area contributed by atoms with Crippen LogP contribution in [0.2, 0.25) is 0 Å². The fraction of sp³-hybridized carbons (Fsp3) is 0.154. The number of allylic oxidation sites excluding steroid dienone is 1. The Labute approximate surface area is 190 Å². The van der Waals surface area contributed by atoms with Gasteiger partial charge in [-0.3, -0.25) is 9.36 Å². The number of ether oxygens (including phenoxy) is 1. The van der Waals surface area contributed by atoms with Gasteiger partial charge in [-0.1, -0.05) is 24.3 Å². The molecule has 166 valence electrons. The lowest BCUT2D eigenvalue weighted by molar-refractivity contribution is -0.113. The van der Waals surface area contributed by atoms with E-state index in [1.54, 1.807) is 24.3 Å². The maximum absolute atomic E-state index is 13.7. The monoisotopic (exact) mass is 442 g/mol. The zero-order valence-corrected chi connectivity index (χ0v) is 18.3. The van der Waals surface area contributed by atoms with Crippen molar-refractivity contribution >= 4 is 28.6 Å². The van der Waals surface area contributed by atoms with Crippen LogP contribution < -0.4 is 15.4 Å². The van der Waals surface area contributed by atoms with E-state index >= 15 is 0 Å². The highest BCUT2D eigenvalue weighted by atomic mass is 19.1. The normalized spacial score (nSPS) is 15.2. The number of anilines is 2. The van der Waals surface area contributed by atoms with E-state index in [9.17, 15) is 9.18 Å². The molecule has 1 atom stereocenters. The molecule has 4 aromatic rings. The van der Waals surface area contributed by atoms with Gasteiger partial charge in [0.1, 0.15) is 11.6 Å². The number of amides is 1. The van der Waals surface area contributed by atoms with E-state index in [4.69, 9.17) is 9.72 Å². The lowest BCUT2D eigenvalue weighted by Crippen LogP contribution is -2.30. The van der Waals surface area contributed by atoms with Crippen LogP contribution in [0.15, 0.2) is 84.1 Å². The maximum atomic E-state index is 13.7. The molecule has 6 nitrogen and oxygen atoms in total. The summed E-state index contributed by atoms with van der Waals surface area (Å²) in [6.45, 7) is 4.35. The lowest BCUT2D eigenvalue weighted by Gasteiger charge is -2.30. The molecular weight excluding hydrogens is 419 g/mol. The Bertz CT molecular complexity index is 1360. The van der Waals surface area contributed by atoms with Gasteiger partial charge in [0.2, 0.25) is 5.95 Å². The average molecular weight is 442 g/mol. The highest BCUT2D eigenvalue weighted by Gasteiger charge is 2.34. The minimum atomic E-state index is -0.475. The van der Waals surface area contributed by atoms with E-state index in [0.717, 1.165) is 22.3 Å². The van der Waals surface area contributed by atoms with E-state index in [-0.39, 0.29) is 11.7 Å². The summed E-state index contributed by atoms with van der Waals surface area (Å²) in [6, 6.07) is 20.8. The third kappa shape index (κ3) is 3.82. The number of nitrogens with one attached hydrogen (secondary N) is 2. The van der Waals surface area contributed by atoms with Gasteiger partial charge < -0.3 is 15.4 Å². The molecule has 7 heteroatoms. The number of fused-ring (bicyclic) bond motifs is 3. The minimum Gasteiger partial charge on any atom is -0.494 e. The first-order valence-electron chi connectivity index (χ1n) is 10.8. The van der Waals surface area contributed by atoms with E-state index in [2.05, 4.69) is 10.6 Å². The van der Waals surface area contributed by atoms with Crippen molar-refractivity contribution in [2.24, 2.45) is 0 Å². The second kappa shape index (κ2) is 8.43. The van der Waals surface area contributed by atoms with Gasteiger partial charge in [0.15, 0.2) is 0 Å². The van der Waals surface area contributed by atoms with Gasteiger partial charge in [0, 0.05) is 11.4 Å². The van der Waals surface area contributed by atoms with Crippen molar-refractivity contribution in [2.45, 2.75) is 19.9 Å². The molecule has 0 aliphatic carbocycles. The fourth-order valence-corrected chi connectivity index (χ4v) is 4.22. The number of aromatic nitrogens is 2. The quantitative estimate of drug-likeness (QED) is 0.428. The van der Waals surface area contributed by atoms with Crippen LogP contribution >= 0.6 is 0 Å². The van der Waals surface area contributed by atoms with E-state index in [1.807, 2.05) is 54.8 Å². The maximum Gasteiger partial charge on any atom is 0.255 e.